The van der Waals surface area contributed by atoms with Gasteiger partial charge < -0.3 is 10.8 Å². The van der Waals surface area contributed by atoms with E-state index in [1.807, 2.05) is 12.1 Å². The zero-order valence-corrected chi connectivity index (χ0v) is 11.2. The van der Waals surface area contributed by atoms with Crippen LogP contribution in [0.4, 0.5) is 0 Å². The molecule has 1 atom stereocenters. The molecule has 1 aromatic rings. The van der Waals surface area contributed by atoms with Gasteiger partial charge in [0.15, 0.2) is 0 Å². The first kappa shape index (κ1) is 14.0. The first-order chi connectivity index (χ1) is 9.20. The summed E-state index contributed by atoms with van der Waals surface area (Å²) in [6, 6.07) is 7.68. The molecule has 3 N–H and O–H groups in total. The highest BCUT2D eigenvalue weighted by molar-refractivity contribution is 5.92. The van der Waals surface area contributed by atoms with Gasteiger partial charge in [0.25, 0.3) is 0 Å². The van der Waals surface area contributed by atoms with Crippen LogP contribution in [-0.4, -0.2) is 35.1 Å². The van der Waals surface area contributed by atoms with Crippen molar-refractivity contribution in [1.82, 2.24) is 4.90 Å². The number of carbonyl (C=O) groups is 1. The maximum Gasteiger partial charge on any atom is 0.248 e. The maximum absolute atomic E-state index is 11.0. The number of primary amides is 1. The number of aliphatic hydroxyl groups excluding tert-OH is 1. The number of benzene rings is 1. The van der Waals surface area contributed by atoms with Gasteiger partial charge in [-0.3, -0.25) is 9.69 Å². The summed E-state index contributed by atoms with van der Waals surface area (Å²) in [5, 5.41) is 9.48. The third kappa shape index (κ3) is 3.78. The van der Waals surface area contributed by atoms with Crippen LogP contribution in [0.3, 0.4) is 0 Å². The number of rotatable bonds is 4. The summed E-state index contributed by atoms with van der Waals surface area (Å²) in [6.45, 7) is 2.08. The van der Waals surface area contributed by atoms with Crippen molar-refractivity contribution in [3.63, 3.8) is 0 Å². The molecule has 1 aliphatic rings. The Morgan fingerprint density at radius 3 is 2.63 bits per heavy atom. The van der Waals surface area contributed by atoms with Gasteiger partial charge >= 0.3 is 0 Å². The van der Waals surface area contributed by atoms with Crippen molar-refractivity contribution in [3.05, 3.63) is 35.4 Å². The fourth-order valence-electron chi connectivity index (χ4n) is 2.66. The van der Waals surface area contributed by atoms with Gasteiger partial charge in [-0.05, 0) is 37.1 Å². The second kappa shape index (κ2) is 6.68. The van der Waals surface area contributed by atoms with Crippen molar-refractivity contribution in [2.75, 3.05) is 13.2 Å². The lowest BCUT2D eigenvalue weighted by atomic mass is 10.1. The quantitative estimate of drug-likeness (QED) is 0.864. The van der Waals surface area contributed by atoms with Crippen LogP contribution >= 0.6 is 0 Å². The van der Waals surface area contributed by atoms with Crippen molar-refractivity contribution >= 4 is 5.91 Å². The summed E-state index contributed by atoms with van der Waals surface area (Å²) in [4.78, 5) is 13.4. The predicted octanol–water partition coefficient (Wildman–Crippen LogP) is 1.52. The Bertz CT molecular complexity index is 417. The molecule has 1 aliphatic heterocycles. The third-order valence-corrected chi connectivity index (χ3v) is 3.83. The number of hydrogen-bond acceptors (Lipinski definition) is 3. The zero-order chi connectivity index (χ0) is 13.7. The van der Waals surface area contributed by atoms with Gasteiger partial charge in [0, 0.05) is 18.2 Å². The van der Waals surface area contributed by atoms with Crippen molar-refractivity contribution < 1.29 is 9.90 Å². The molecule has 0 saturated carbocycles. The Kier molecular flexibility index (Phi) is 4.93. The van der Waals surface area contributed by atoms with Gasteiger partial charge in [0.1, 0.15) is 0 Å². The summed E-state index contributed by atoms with van der Waals surface area (Å²) < 4.78 is 0. The van der Waals surface area contributed by atoms with E-state index in [9.17, 15) is 9.90 Å². The van der Waals surface area contributed by atoms with Gasteiger partial charge in [-0.2, -0.15) is 0 Å². The minimum absolute atomic E-state index is 0.222. The topological polar surface area (TPSA) is 66.6 Å². The fourth-order valence-corrected chi connectivity index (χ4v) is 2.66. The largest absolute Gasteiger partial charge is 0.395 e. The Morgan fingerprint density at radius 2 is 2.00 bits per heavy atom. The zero-order valence-electron chi connectivity index (χ0n) is 11.2. The van der Waals surface area contributed by atoms with Crippen LogP contribution in [0.5, 0.6) is 0 Å². The molecule has 1 heterocycles. The van der Waals surface area contributed by atoms with E-state index in [0.717, 1.165) is 25.1 Å². The van der Waals surface area contributed by atoms with Crippen molar-refractivity contribution in [2.24, 2.45) is 5.73 Å². The number of nitrogens with zero attached hydrogens (tertiary/aromatic N) is 1. The van der Waals surface area contributed by atoms with Crippen LogP contribution in [0, 0.1) is 0 Å². The van der Waals surface area contributed by atoms with Gasteiger partial charge in [-0.1, -0.05) is 25.0 Å². The SMILES string of the molecule is NC(=O)c1ccc(CN2CCCCCC2CO)cc1. The number of hydrogen-bond donors (Lipinski definition) is 2. The van der Waals surface area contributed by atoms with Crippen LogP contribution in [-0.2, 0) is 6.54 Å². The highest BCUT2D eigenvalue weighted by atomic mass is 16.3. The molecular weight excluding hydrogens is 240 g/mol. The third-order valence-electron chi connectivity index (χ3n) is 3.83. The highest BCUT2D eigenvalue weighted by Crippen LogP contribution is 2.19. The Morgan fingerprint density at radius 1 is 1.26 bits per heavy atom. The summed E-state index contributed by atoms with van der Waals surface area (Å²) >= 11 is 0. The monoisotopic (exact) mass is 262 g/mol. The molecule has 0 spiro atoms. The average molecular weight is 262 g/mol. The molecule has 2 rings (SSSR count). The Hall–Kier alpha value is -1.39. The minimum Gasteiger partial charge on any atom is -0.395 e. The van der Waals surface area contributed by atoms with Crippen LogP contribution < -0.4 is 5.73 Å². The molecular formula is C15H22N2O2. The fraction of sp³-hybridized carbons (Fsp3) is 0.533. The van der Waals surface area contributed by atoms with E-state index < -0.39 is 5.91 Å². The van der Waals surface area contributed by atoms with E-state index in [1.54, 1.807) is 12.1 Å². The molecule has 1 saturated heterocycles. The van der Waals surface area contributed by atoms with Crippen molar-refractivity contribution in [3.8, 4) is 0 Å². The van der Waals surface area contributed by atoms with Crippen LogP contribution in [0.2, 0.25) is 0 Å². The van der Waals surface area contributed by atoms with E-state index in [-0.39, 0.29) is 12.6 Å². The summed E-state index contributed by atoms with van der Waals surface area (Å²) in [7, 11) is 0. The molecule has 4 heteroatoms. The molecule has 4 nitrogen and oxygen atoms in total. The van der Waals surface area contributed by atoms with E-state index in [2.05, 4.69) is 4.90 Å². The second-order valence-electron chi connectivity index (χ2n) is 5.22. The number of carbonyl (C=O) groups excluding carboxylic acids is 1. The van der Waals surface area contributed by atoms with Crippen molar-refractivity contribution in [2.45, 2.75) is 38.3 Å². The van der Waals surface area contributed by atoms with Gasteiger partial charge in [-0.15, -0.1) is 0 Å². The lowest BCUT2D eigenvalue weighted by Crippen LogP contribution is -2.36. The summed E-state index contributed by atoms with van der Waals surface area (Å²) in [6.07, 6.45) is 4.70. The lowest BCUT2D eigenvalue weighted by Gasteiger charge is -2.28. The number of aliphatic hydroxyl groups is 1. The van der Waals surface area contributed by atoms with Gasteiger partial charge in [-0.25, -0.2) is 0 Å². The average Bonchev–Trinajstić information content (AvgIpc) is 2.64. The molecule has 1 aromatic carbocycles. The molecule has 0 bridgehead atoms. The van der Waals surface area contributed by atoms with Gasteiger partial charge in [0.05, 0.1) is 6.61 Å². The summed E-state index contributed by atoms with van der Waals surface area (Å²) in [5.74, 6) is -0.394. The van der Waals surface area contributed by atoms with E-state index in [0.29, 0.717) is 5.56 Å². The number of nitrogens with two attached hydrogens (primary N) is 1. The normalized spacial score (nSPS) is 21.0. The second-order valence-corrected chi connectivity index (χ2v) is 5.22. The smallest absolute Gasteiger partial charge is 0.248 e. The first-order valence-electron chi connectivity index (χ1n) is 6.94. The maximum atomic E-state index is 11.0. The number of amides is 1. The molecule has 19 heavy (non-hydrogen) atoms. The lowest BCUT2D eigenvalue weighted by molar-refractivity contribution is 0.1000. The molecule has 104 valence electrons. The molecule has 1 amide bonds. The Balaban J connectivity index is 2.03. The molecule has 0 radical (unpaired) electrons. The molecule has 1 fully saturated rings. The highest BCUT2D eigenvalue weighted by Gasteiger charge is 2.20. The van der Waals surface area contributed by atoms with Crippen LogP contribution in [0.25, 0.3) is 0 Å². The minimum atomic E-state index is -0.394. The molecule has 1 unspecified atom stereocenters. The predicted molar refractivity (Wildman–Crippen MR) is 74.7 cm³/mol. The van der Waals surface area contributed by atoms with Crippen molar-refractivity contribution in [1.29, 1.82) is 0 Å². The standard InChI is InChI=1S/C15H22N2O2/c16-15(19)13-7-5-12(6-8-13)10-17-9-3-1-2-4-14(17)11-18/h5-8,14,18H,1-4,9-11H2,(H2,16,19). The first-order valence-corrected chi connectivity index (χ1v) is 6.94. The van der Waals surface area contributed by atoms with Crippen LogP contribution in [0.15, 0.2) is 24.3 Å². The summed E-state index contributed by atoms with van der Waals surface area (Å²) in [5.41, 5.74) is 6.93. The van der Waals surface area contributed by atoms with E-state index in [1.165, 1.54) is 19.3 Å². The molecule has 0 aliphatic carbocycles. The number of likely N-dealkylation sites (tertiary alicyclic amines) is 1. The van der Waals surface area contributed by atoms with Crippen LogP contribution in [0.1, 0.15) is 41.6 Å². The Labute approximate surface area is 114 Å². The van der Waals surface area contributed by atoms with E-state index in [4.69, 9.17) is 5.73 Å². The van der Waals surface area contributed by atoms with Gasteiger partial charge in [0.2, 0.25) is 5.91 Å². The molecule has 0 aromatic heterocycles. The van der Waals surface area contributed by atoms with E-state index >= 15 is 0 Å².